The van der Waals surface area contributed by atoms with Crippen molar-refractivity contribution in [2.75, 3.05) is 92.1 Å². The molecule has 0 amide bonds. The Kier molecular flexibility index (Phi) is 36.2. The van der Waals surface area contributed by atoms with Gasteiger partial charge in [0, 0.05) is 39.3 Å². The molecule has 0 aliphatic rings. The van der Waals surface area contributed by atoms with Gasteiger partial charge in [-0.15, -0.1) is 0 Å². The van der Waals surface area contributed by atoms with Crippen LogP contribution in [0.15, 0.2) is 0 Å². The molecule has 0 rings (SSSR count). The van der Waals surface area contributed by atoms with E-state index in [0.29, 0.717) is 52.5 Å². The van der Waals surface area contributed by atoms with Gasteiger partial charge < -0.3 is 30.6 Å². The van der Waals surface area contributed by atoms with Crippen LogP contribution in [0.4, 0.5) is 0 Å². The van der Waals surface area contributed by atoms with Crippen LogP contribution in [0.3, 0.4) is 0 Å². The van der Waals surface area contributed by atoms with E-state index < -0.39 is 18.6 Å². The van der Waals surface area contributed by atoms with E-state index in [1.165, 1.54) is 0 Å². The summed E-state index contributed by atoms with van der Waals surface area (Å²) in [5.74, 6) is 0. The Labute approximate surface area is 187 Å². The predicted octanol–water partition coefficient (Wildman–Crippen LogP) is -1.84. The third-order valence-corrected chi connectivity index (χ3v) is 4.72. The van der Waals surface area contributed by atoms with Gasteiger partial charge in [-0.05, 0) is 0 Å². The van der Waals surface area contributed by atoms with Crippen LogP contribution in [0.1, 0.15) is 26.7 Å². The van der Waals surface area contributed by atoms with Crippen molar-refractivity contribution in [3.8, 4) is 0 Å². The van der Waals surface area contributed by atoms with E-state index in [1.54, 1.807) is 9.80 Å². The Morgan fingerprint density at radius 1 is 0.567 bits per heavy atom. The first-order chi connectivity index (χ1) is 14.5. The minimum atomic E-state index is -2.73. The van der Waals surface area contributed by atoms with E-state index in [0.717, 1.165) is 12.8 Å². The van der Waals surface area contributed by atoms with Crippen molar-refractivity contribution in [3.63, 3.8) is 0 Å². The molecule has 0 aromatic carbocycles. The molecule has 0 fully saturated rings. The molecule has 0 aromatic heterocycles. The monoisotopic (exact) mass is 480 g/mol. The fourth-order valence-corrected chi connectivity index (χ4v) is 3.22. The molecule has 12 heteroatoms. The summed E-state index contributed by atoms with van der Waals surface area (Å²) in [5.41, 5.74) is 0. The number of nitrogens with zero attached hydrogens (tertiary/aromatic N) is 2. The summed E-state index contributed by atoms with van der Waals surface area (Å²) in [6.45, 7) is 8.58. The first-order valence-corrected chi connectivity index (χ1v) is 12.3. The Hall–Kier alpha value is 0.114. The van der Waals surface area contributed by atoms with Crippen LogP contribution < -0.4 is 0 Å². The Morgan fingerprint density at radius 2 is 0.800 bits per heavy atom. The zero-order valence-electron chi connectivity index (χ0n) is 18.6. The van der Waals surface area contributed by atoms with Gasteiger partial charge in [0.25, 0.3) is 0 Å². The molecule has 184 valence electrons. The summed E-state index contributed by atoms with van der Waals surface area (Å²) in [6.07, 6.45) is 1.79. The van der Waals surface area contributed by atoms with E-state index in [4.69, 9.17) is 37.3 Å². The van der Waals surface area contributed by atoms with Gasteiger partial charge in [-0.2, -0.15) is 0 Å². The number of hydrogen-bond donors (Lipinski definition) is 6. The summed E-state index contributed by atoms with van der Waals surface area (Å²) >= 11 is -2.73. The normalized spacial score (nSPS) is 10.5. The largest absolute Gasteiger partial charge is 0.395 e. The van der Waals surface area contributed by atoms with Gasteiger partial charge in [0.1, 0.15) is 0 Å². The molecule has 0 saturated heterocycles. The number of rotatable bonds is 18. The molecule has 0 saturated carbocycles. The quantitative estimate of drug-likeness (QED) is 0.122. The van der Waals surface area contributed by atoms with E-state index in [2.05, 4.69) is 0 Å². The maximum atomic E-state index is 10.8. The zero-order valence-corrected chi connectivity index (χ0v) is 20.2. The molecule has 0 aromatic rings. The smallest absolute Gasteiger partial charge is 0.0558 e. The molecule has 0 spiro atoms. The maximum absolute atomic E-state index is 10.8. The maximum Gasteiger partial charge on any atom is 0.0558 e. The molecule has 0 radical (unpaired) electrons. The second-order valence-corrected chi connectivity index (χ2v) is 7.65. The van der Waals surface area contributed by atoms with Crippen LogP contribution >= 0.6 is 0 Å². The second kappa shape index (κ2) is 31.3. The summed E-state index contributed by atoms with van der Waals surface area (Å²) < 4.78 is 20.5. The molecule has 0 bridgehead atoms. The molecule has 0 heterocycles. The fourth-order valence-electron chi connectivity index (χ4n) is 1.93. The first-order valence-electron chi connectivity index (χ1n) is 10.4. The molecule has 0 unspecified atom stereocenters. The van der Waals surface area contributed by atoms with Gasteiger partial charge in [-0.3, -0.25) is 9.80 Å². The van der Waals surface area contributed by atoms with Crippen molar-refractivity contribution in [2.45, 2.75) is 26.7 Å². The van der Waals surface area contributed by atoms with Gasteiger partial charge in [-0.25, -0.2) is 0 Å². The fraction of sp³-hybridized carbons (Fsp3) is 1.00. The minimum absolute atomic E-state index is 0.0694. The summed E-state index contributed by atoms with van der Waals surface area (Å²) in [5, 5.41) is 50.9. The molecule has 11 nitrogen and oxygen atoms in total. The van der Waals surface area contributed by atoms with Crippen LogP contribution in [-0.2, 0) is 28.6 Å². The molecular formula is C18H44N2O9Ti. The average molecular weight is 480 g/mol. The SMILES string of the molecule is CCC[O][Ti](=[O])[O]CCC.OCCN(CCO)CCO.OCCN(CCO)CCO. The average Bonchev–Trinajstić information content (AvgIpc) is 2.73. The summed E-state index contributed by atoms with van der Waals surface area (Å²) in [4.78, 5) is 3.58. The van der Waals surface area contributed by atoms with Gasteiger partial charge in [-0.1, -0.05) is 0 Å². The van der Waals surface area contributed by atoms with E-state index in [9.17, 15) is 3.32 Å². The van der Waals surface area contributed by atoms with Crippen molar-refractivity contribution in [1.29, 1.82) is 0 Å². The van der Waals surface area contributed by atoms with Crippen LogP contribution in [0.25, 0.3) is 0 Å². The van der Waals surface area contributed by atoms with Crippen molar-refractivity contribution >= 4 is 0 Å². The van der Waals surface area contributed by atoms with Crippen molar-refractivity contribution < 1.29 is 59.2 Å². The third kappa shape index (κ3) is 30.3. The molecule has 30 heavy (non-hydrogen) atoms. The van der Waals surface area contributed by atoms with Gasteiger partial charge in [0.2, 0.25) is 0 Å². The second-order valence-electron chi connectivity index (χ2n) is 5.97. The molecule has 0 aliphatic carbocycles. The van der Waals surface area contributed by atoms with Gasteiger partial charge in [0.05, 0.1) is 39.6 Å². The number of hydrogen-bond acceptors (Lipinski definition) is 11. The van der Waals surface area contributed by atoms with Crippen molar-refractivity contribution in [1.82, 2.24) is 9.80 Å². The van der Waals surface area contributed by atoms with Crippen LogP contribution in [0.5, 0.6) is 0 Å². The summed E-state index contributed by atoms with van der Waals surface area (Å²) in [6, 6.07) is 0. The van der Waals surface area contributed by atoms with Gasteiger partial charge >= 0.3 is 68.5 Å². The third-order valence-electron chi connectivity index (χ3n) is 3.35. The Morgan fingerprint density at radius 3 is 0.967 bits per heavy atom. The van der Waals surface area contributed by atoms with Gasteiger partial charge in [0.15, 0.2) is 0 Å². The molecular weight excluding hydrogens is 436 g/mol. The van der Waals surface area contributed by atoms with Crippen LogP contribution in [0.2, 0.25) is 0 Å². The Balaban J connectivity index is -0.000000364. The standard InChI is InChI=1S/2C6H15NO3.2C3H7O.O.Ti/c2*8-4-1-7(2-5-9)3-6-10;2*1-2-3-4;;/h2*8-10H,1-6H2;2*2-3H2,1H3;;/q;;2*-1;;+2. The molecule has 0 atom stereocenters. The van der Waals surface area contributed by atoms with E-state index >= 15 is 0 Å². The topological polar surface area (TPSA) is 163 Å². The van der Waals surface area contributed by atoms with E-state index in [1.807, 2.05) is 13.8 Å². The van der Waals surface area contributed by atoms with E-state index in [-0.39, 0.29) is 39.6 Å². The van der Waals surface area contributed by atoms with Crippen molar-refractivity contribution in [3.05, 3.63) is 0 Å². The Bertz CT molecular complexity index is 276. The first kappa shape index (κ1) is 34.7. The number of aliphatic hydroxyl groups excluding tert-OH is 6. The predicted molar refractivity (Wildman–Crippen MR) is 109 cm³/mol. The van der Waals surface area contributed by atoms with Crippen LogP contribution in [-0.4, -0.2) is 133 Å². The summed E-state index contributed by atoms with van der Waals surface area (Å²) in [7, 11) is 0. The number of aliphatic hydroxyl groups is 6. The molecule has 6 N–H and O–H groups in total. The minimum Gasteiger partial charge on any atom is -0.395 e. The molecule has 0 aliphatic heterocycles. The van der Waals surface area contributed by atoms with Crippen LogP contribution in [0, 0.1) is 0 Å². The van der Waals surface area contributed by atoms with Crippen molar-refractivity contribution in [2.24, 2.45) is 0 Å². The zero-order chi connectivity index (χ0) is 23.5.